The molecule has 1 aromatic rings. The fraction of sp³-hybridized carbons (Fsp3) is 0.545. The first-order valence-corrected chi connectivity index (χ1v) is 6.01. The number of halogens is 3. The fourth-order valence-electron chi connectivity index (χ4n) is 2.21. The highest BCUT2D eigenvalue weighted by atomic mass is 19.4. The molecule has 116 valence electrons. The molecule has 1 aliphatic heterocycles. The van der Waals surface area contributed by atoms with Crippen molar-refractivity contribution in [2.24, 2.45) is 0 Å². The third-order valence-electron chi connectivity index (χ3n) is 3.17. The molecule has 2 heterocycles. The Hall–Kier alpha value is -2.26. The minimum Gasteiger partial charge on any atom is -0.480 e. The Kier molecular flexibility index (Phi) is 3.79. The number of rotatable bonds is 2. The average molecular weight is 306 g/mol. The number of aromatic nitrogens is 2. The molecule has 0 aliphatic carbocycles. The number of carbonyl (C=O) groups excluding carboxylic acids is 1. The van der Waals surface area contributed by atoms with E-state index in [4.69, 9.17) is 5.11 Å². The molecule has 0 spiro atoms. The molecule has 0 fully saturated rings. The summed E-state index contributed by atoms with van der Waals surface area (Å²) in [5.41, 5.74) is 1.03. The highest BCUT2D eigenvalue weighted by Crippen LogP contribution is 2.23. The molecule has 21 heavy (non-hydrogen) atoms. The normalized spacial score (nSPS) is 18.3. The zero-order valence-corrected chi connectivity index (χ0v) is 11.0. The number of carboxylic acids is 1. The number of amides is 2. The van der Waals surface area contributed by atoms with Crippen LogP contribution in [0.2, 0.25) is 0 Å². The molecule has 2 N–H and O–H groups in total. The summed E-state index contributed by atoms with van der Waals surface area (Å²) in [5.74, 6) is -1.28. The van der Waals surface area contributed by atoms with Gasteiger partial charge in [0.05, 0.1) is 24.3 Å². The third-order valence-corrected chi connectivity index (χ3v) is 3.17. The number of fused-ring (bicyclic) bond motifs is 1. The van der Waals surface area contributed by atoms with E-state index >= 15 is 0 Å². The molecule has 0 saturated heterocycles. The number of nitrogens with zero attached hydrogens (tertiary/aromatic N) is 3. The summed E-state index contributed by atoms with van der Waals surface area (Å²) in [6.45, 7) is -1.56. The predicted octanol–water partition coefficient (Wildman–Crippen LogP) is 0.835. The van der Waals surface area contributed by atoms with Crippen LogP contribution in [0.5, 0.6) is 0 Å². The van der Waals surface area contributed by atoms with Gasteiger partial charge in [-0.1, -0.05) is 0 Å². The van der Waals surface area contributed by atoms with Gasteiger partial charge < -0.3 is 19.9 Å². The maximum atomic E-state index is 12.3. The number of alkyl halides is 3. The van der Waals surface area contributed by atoms with Gasteiger partial charge in [-0.3, -0.25) is 0 Å². The van der Waals surface area contributed by atoms with Gasteiger partial charge in [0.15, 0.2) is 0 Å². The number of carboxylic acid groups (broad SMARTS) is 1. The van der Waals surface area contributed by atoms with E-state index in [1.54, 1.807) is 0 Å². The molecule has 1 aliphatic rings. The molecule has 0 radical (unpaired) electrons. The third kappa shape index (κ3) is 3.26. The van der Waals surface area contributed by atoms with Crippen molar-refractivity contribution in [3.63, 3.8) is 0 Å². The zero-order valence-electron chi connectivity index (χ0n) is 11.0. The Morgan fingerprint density at radius 2 is 2.24 bits per heavy atom. The number of urea groups is 1. The van der Waals surface area contributed by atoms with Crippen LogP contribution >= 0.6 is 0 Å². The van der Waals surface area contributed by atoms with Gasteiger partial charge in [-0.15, -0.1) is 0 Å². The first-order valence-electron chi connectivity index (χ1n) is 6.01. The van der Waals surface area contributed by atoms with Gasteiger partial charge >= 0.3 is 18.2 Å². The van der Waals surface area contributed by atoms with Gasteiger partial charge in [0, 0.05) is 13.5 Å². The van der Waals surface area contributed by atoms with Crippen molar-refractivity contribution >= 4 is 12.0 Å². The smallest absolute Gasteiger partial charge is 0.406 e. The highest BCUT2D eigenvalue weighted by Gasteiger charge is 2.39. The van der Waals surface area contributed by atoms with E-state index in [2.05, 4.69) is 9.97 Å². The van der Waals surface area contributed by atoms with E-state index in [-0.39, 0.29) is 13.0 Å². The number of aliphatic carboxylic acids is 1. The molecule has 2 rings (SSSR count). The van der Waals surface area contributed by atoms with Crippen LogP contribution in [0.4, 0.5) is 18.0 Å². The van der Waals surface area contributed by atoms with Crippen molar-refractivity contribution in [1.82, 2.24) is 19.8 Å². The summed E-state index contributed by atoms with van der Waals surface area (Å²) in [7, 11) is 0.983. The first-order chi connectivity index (χ1) is 9.69. The number of nitrogens with one attached hydrogen (secondary N) is 1. The number of hydrogen-bond acceptors (Lipinski definition) is 3. The summed E-state index contributed by atoms with van der Waals surface area (Å²) in [6, 6.07) is -2.22. The lowest BCUT2D eigenvalue weighted by molar-refractivity contribution is -0.144. The fourth-order valence-corrected chi connectivity index (χ4v) is 2.21. The average Bonchev–Trinajstić information content (AvgIpc) is 2.81. The van der Waals surface area contributed by atoms with Crippen LogP contribution in [0.1, 0.15) is 11.4 Å². The quantitative estimate of drug-likeness (QED) is 0.847. The lowest BCUT2D eigenvalue weighted by atomic mass is 10.0. The first kappa shape index (κ1) is 15.1. The van der Waals surface area contributed by atoms with E-state index in [0.29, 0.717) is 16.3 Å². The van der Waals surface area contributed by atoms with Gasteiger partial charge in [-0.25, -0.2) is 14.6 Å². The van der Waals surface area contributed by atoms with Gasteiger partial charge in [-0.05, 0) is 0 Å². The minimum absolute atomic E-state index is 0.0419. The lowest BCUT2D eigenvalue weighted by Crippen LogP contribution is -2.53. The number of aromatic amines is 1. The summed E-state index contributed by atoms with van der Waals surface area (Å²) in [4.78, 5) is 31.4. The molecule has 1 aromatic heterocycles. The molecule has 1 unspecified atom stereocenters. The molecule has 7 nitrogen and oxygen atoms in total. The summed E-state index contributed by atoms with van der Waals surface area (Å²) < 4.78 is 37.0. The van der Waals surface area contributed by atoms with Crippen molar-refractivity contribution in [3.05, 3.63) is 17.7 Å². The van der Waals surface area contributed by atoms with E-state index in [1.165, 1.54) is 6.33 Å². The topological polar surface area (TPSA) is 89.5 Å². The van der Waals surface area contributed by atoms with Crippen LogP contribution in [0.3, 0.4) is 0 Å². The Morgan fingerprint density at radius 1 is 1.57 bits per heavy atom. The molecular weight excluding hydrogens is 293 g/mol. The van der Waals surface area contributed by atoms with Crippen molar-refractivity contribution in [2.45, 2.75) is 25.2 Å². The van der Waals surface area contributed by atoms with Crippen LogP contribution in [-0.2, 0) is 17.8 Å². The monoisotopic (exact) mass is 306 g/mol. The zero-order chi connectivity index (χ0) is 15.8. The van der Waals surface area contributed by atoms with Gasteiger partial charge in [0.2, 0.25) is 0 Å². The second kappa shape index (κ2) is 5.26. The molecule has 0 bridgehead atoms. The van der Waals surface area contributed by atoms with Crippen molar-refractivity contribution in [2.75, 3.05) is 13.6 Å². The Labute approximate surface area is 117 Å². The van der Waals surface area contributed by atoms with Crippen LogP contribution < -0.4 is 0 Å². The van der Waals surface area contributed by atoms with E-state index in [0.717, 1.165) is 11.9 Å². The largest absolute Gasteiger partial charge is 0.480 e. The van der Waals surface area contributed by atoms with Crippen molar-refractivity contribution in [1.29, 1.82) is 0 Å². The molecule has 0 aromatic carbocycles. The number of hydrogen-bond donors (Lipinski definition) is 2. The van der Waals surface area contributed by atoms with Crippen molar-refractivity contribution in [3.8, 4) is 0 Å². The predicted molar refractivity (Wildman–Crippen MR) is 63.3 cm³/mol. The summed E-state index contributed by atoms with van der Waals surface area (Å²) in [5, 5.41) is 9.16. The number of H-pyrrole nitrogens is 1. The lowest BCUT2D eigenvalue weighted by Gasteiger charge is -2.35. The van der Waals surface area contributed by atoms with Gasteiger partial charge in [-0.2, -0.15) is 13.2 Å². The van der Waals surface area contributed by atoms with E-state index in [1.807, 2.05) is 0 Å². The molecule has 0 saturated carbocycles. The Morgan fingerprint density at radius 3 is 2.81 bits per heavy atom. The standard InChI is InChI=1S/C11H13F3N4O3/c1-17(4-11(12,13)14)10(21)18-3-7-6(15-5-16-7)2-8(18)9(19)20/h5,8H,2-4H2,1H3,(H,15,16)(H,19,20). The Bertz CT molecular complexity index is 557. The maximum absolute atomic E-state index is 12.3. The van der Waals surface area contributed by atoms with Crippen LogP contribution in [-0.4, -0.2) is 62.7 Å². The molecule has 10 heteroatoms. The maximum Gasteiger partial charge on any atom is 0.406 e. The minimum atomic E-state index is -4.54. The Balaban J connectivity index is 2.20. The molecule has 2 amide bonds. The van der Waals surface area contributed by atoms with Crippen LogP contribution in [0, 0.1) is 0 Å². The van der Waals surface area contributed by atoms with E-state index < -0.39 is 30.8 Å². The highest BCUT2D eigenvalue weighted by molar-refractivity contribution is 5.83. The number of carbonyl (C=O) groups is 2. The van der Waals surface area contributed by atoms with Gasteiger partial charge in [0.25, 0.3) is 0 Å². The SMILES string of the molecule is CN(CC(F)(F)F)C(=O)N1Cc2[nH]cnc2CC1C(=O)O. The van der Waals surface area contributed by atoms with Crippen LogP contribution in [0.25, 0.3) is 0 Å². The summed E-state index contributed by atoms with van der Waals surface area (Å²) >= 11 is 0. The summed E-state index contributed by atoms with van der Waals surface area (Å²) in [6.07, 6.45) is -3.23. The second-order valence-corrected chi connectivity index (χ2v) is 4.77. The van der Waals surface area contributed by atoms with Gasteiger partial charge in [0.1, 0.15) is 12.6 Å². The molecular formula is C11H13F3N4O3. The van der Waals surface area contributed by atoms with Crippen molar-refractivity contribution < 1.29 is 27.9 Å². The van der Waals surface area contributed by atoms with Crippen LogP contribution in [0.15, 0.2) is 6.33 Å². The molecule has 1 atom stereocenters. The number of imidazole rings is 1. The van der Waals surface area contributed by atoms with E-state index in [9.17, 15) is 22.8 Å². The second-order valence-electron chi connectivity index (χ2n) is 4.77.